The molecule has 0 fully saturated rings. The molecule has 0 heterocycles. The van der Waals surface area contributed by atoms with E-state index >= 15 is 0 Å². The topological polar surface area (TPSA) is 64.6 Å². The first-order valence-corrected chi connectivity index (χ1v) is 9.23. The molecule has 3 aromatic rings. The second-order valence-electron chi connectivity index (χ2n) is 5.74. The number of amides is 1. The molecule has 0 spiro atoms. The van der Waals surface area contributed by atoms with Crippen molar-refractivity contribution in [2.75, 3.05) is 18.5 Å². The lowest BCUT2D eigenvalue weighted by Gasteiger charge is -2.14. The van der Waals surface area contributed by atoms with Gasteiger partial charge in [0.15, 0.2) is 18.1 Å². The van der Waals surface area contributed by atoms with Crippen molar-refractivity contribution in [2.45, 2.75) is 6.92 Å². The third-order valence-corrected chi connectivity index (χ3v) is 4.47. The smallest absolute Gasteiger partial charge is 0.262 e. The molecular formula is C21H18BrNO4. The first-order chi connectivity index (χ1) is 13.1. The Kier molecular flexibility index (Phi) is 6.08. The summed E-state index contributed by atoms with van der Waals surface area (Å²) < 4.78 is 11.7. The van der Waals surface area contributed by atoms with Crippen molar-refractivity contribution in [1.29, 1.82) is 0 Å². The number of benzene rings is 3. The van der Waals surface area contributed by atoms with E-state index in [1.165, 1.54) is 0 Å². The van der Waals surface area contributed by atoms with Gasteiger partial charge in [-0.2, -0.15) is 0 Å². The van der Waals surface area contributed by atoms with E-state index in [9.17, 15) is 9.59 Å². The summed E-state index contributed by atoms with van der Waals surface area (Å²) in [7, 11) is 0. The van der Waals surface area contributed by atoms with Gasteiger partial charge in [-0.1, -0.05) is 36.4 Å². The molecule has 138 valence electrons. The molecule has 0 aromatic heterocycles. The van der Waals surface area contributed by atoms with E-state index in [4.69, 9.17) is 9.47 Å². The number of fused-ring (bicyclic) bond motifs is 1. The Balaban J connectivity index is 1.75. The summed E-state index contributed by atoms with van der Waals surface area (Å²) in [6, 6.07) is 16.7. The van der Waals surface area contributed by atoms with Gasteiger partial charge >= 0.3 is 0 Å². The van der Waals surface area contributed by atoms with Crippen molar-refractivity contribution in [3.63, 3.8) is 0 Å². The molecule has 1 N–H and O–H groups in total. The molecule has 0 atom stereocenters. The number of rotatable bonds is 7. The Bertz CT molecular complexity index is 982. The highest BCUT2D eigenvalue weighted by Crippen LogP contribution is 2.36. The lowest BCUT2D eigenvalue weighted by Crippen LogP contribution is -2.20. The maximum atomic E-state index is 12.4. The number of anilines is 1. The molecule has 5 nitrogen and oxygen atoms in total. The van der Waals surface area contributed by atoms with E-state index in [2.05, 4.69) is 21.2 Å². The third-order valence-electron chi connectivity index (χ3n) is 3.88. The molecule has 0 saturated carbocycles. The van der Waals surface area contributed by atoms with Crippen molar-refractivity contribution in [2.24, 2.45) is 0 Å². The second kappa shape index (κ2) is 8.68. The quantitative estimate of drug-likeness (QED) is 0.548. The van der Waals surface area contributed by atoms with Gasteiger partial charge in [0.25, 0.3) is 5.91 Å². The predicted octanol–water partition coefficient (Wildman–Crippen LogP) is 4.83. The van der Waals surface area contributed by atoms with Crippen LogP contribution in [0.4, 0.5) is 5.69 Å². The van der Waals surface area contributed by atoms with Crippen LogP contribution >= 0.6 is 15.9 Å². The van der Waals surface area contributed by atoms with Gasteiger partial charge in [-0.3, -0.25) is 9.59 Å². The molecule has 3 rings (SSSR count). The highest BCUT2D eigenvalue weighted by Gasteiger charge is 2.14. The second-order valence-corrected chi connectivity index (χ2v) is 6.60. The van der Waals surface area contributed by atoms with E-state index in [-0.39, 0.29) is 12.5 Å². The number of nitrogens with one attached hydrogen (secondary N) is 1. The van der Waals surface area contributed by atoms with Gasteiger partial charge in [-0.05, 0) is 46.4 Å². The van der Waals surface area contributed by atoms with Crippen LogP contribution in [0.15, 0.2) is 59.1 Å². The largest absolute Gasteiger partial charge is 0.490 e. The first kappa shape index (κ1) is 18.9. The number of carbonyl (C=O) groups excluding carboxylic acids is 2. The third kappa shape index (κ3) is 4.46. The molecule has 0 aliphatic carbocycles. The van der Waals surface area contributed by atoms with E-state index in [0.29, 0.717) is 28.1 Å². The van der Waals surface area contributed by atoms with Gasteiger partial charge in [0.1, 0.15) is 6.29 Å². The zero-order valence-corrected chi connectivity index (χ0v) is 16.3. The number of carbonyl (C=O) groups is 2. The Morgan fingerprint density at radius 3 is 2.67 bits per heavy atom. The SMILES string of the molecule is CCOc1cc(C=O)cc(Br)c1OCC(=O)Nc1cccc2ccccc12. The van der Waals surface area contributed by atoms with Crippen LogP contribution in [0.2, 0.25) is 0 Å². The van der Waals surface area contributed by atoms with Gasteiger partial charge in [0.2, 0.25) is 0 Å². The summed E-state index contributed by atoms with van der Waals surface area (Å²) >= 11 is 3.36. The minimum absolute atomic E-state index is 0.192. The number of ether oxygens (including phenoxy) is 2. The average molecular weight is 428 g/mol. The molecule has 0 aliphatic rings. The van der Waals surface area contributed by atoms with Crippen LogP contribution in [0, 0.1) is 0 Å². The number of hydrogen-bond acceptors (Lipinski definition) is 4. The van der Waals surface area contributed by atoms with Crippen molar-refractivity contribution in [1.82, 2.24) is 0 Å². The monoisotopic (exact) mass is 427 g/mol. The van der Waals surface area contributed by atoms with E-state index in [1.54, 1.807) is 12.1 Å². The fourth-order valence-corrected chi connectivity index (χ4v) is 3.29. The lowest BCUT2D eigenvalue weighted by atomic mass is 10.1. The minimum Gasteiger partial charge on any atom is -0.490 e. The van der Waals surface area contributed by atoms with Crippen LogP contribution in [0.3, 0.4) is 0 Å². The Labute approximate surface area is 165 Å². The summed E-state index contributed by atoms with van der Waals surface area (Å²) in [6.45, 7) is 2.05. The van der Waals surface area contributed by atoms with Gasteiger partial charge in [0.05, 0.1) is 11.1 Å². The van der Waals surface area contributed by atoms with Gasteiger partial charge in [-0.25, -0.2) is 0 Å². The molecule has 0 aliphatic heterocycles. The summed E-state index contributed by atoms with van der Waals surface area (Å²) in [4.78, 5) is 23.4. The van der Waals surface area contributed by atoms with Crippen LogP contribution in [-0.2, 0) is 4.79 Å². The number of halogens is 1. The van der Waals surface area contributed by atoms with Crippen molar-refractivity contribution >= 4 is 44.6 Å². The minimum atomic E-state index is -0.292. The van der Waals surface area contributed by atoms with Crippen LogP contribution in [0.25, 0.3) is 10.8 Å². The summed E-state index contributed by atoms with van der Waals surface area (Å²) in [5, 5.41) is 4.87. The fraction of sp³-hybridized carbons (Fsp3) is 0.143. The zero-order chi connectivity index (χ0) is 19.2. The van der Waals surface area contributed by atoms with Crippen molar-refractivity contribution in [3.8, 4) is 11.5 Å². The van der Waals surface area contributed by atoms with Crippen LogP contribution < -0.4 is 14.8 Å². The Hall–Kier alpha value is -2.86. The molecular weight excluding hydrogens is 410 g/mol. The van der Waals surface area contributed by atoms with Gasteiger partial charge in [0, 0.05) is 16.6 Å². The van der Waals surface area contributed by atoms with E-state index in [0.717, 1.165) is 22.7 Å². The molecule has 0 unspecified atom stereocenters. The molecule has 0 bridgehead atoms. The van der Waals surface area contributed by atoms with Crippen LogP contribution in [0.5, 0.6) is 11.5 Å². The maximum Gasteiger partial charge on any atom is 0.262 e. The lowest BCUT2D eigenvalue weighted by molar-refractivity contribution is -0.118. The van der Waals surface area contributed by atoms with E-state index in [1.807, 2.05) is 49.4 Å². The maximum absolute atomic E-state index is 12.4. The molecule has 27 heavy (non-hydrogen) atoms. The van der Waals surface area contributed by atoms with Crippen LogP contribution in [-0.4, -0.2) is 25.4 Å². The molecule has 0 radical (unpaired) electrons. The van der Waals surface area contributed by atoms with E-state index < -0.39 is 0 Å². The molecule has 3 aromatic carbocycles. The average Bonchev–Trinajstić information content (AvgIpc) is 2.67. The van der Waals surface area contributed by atoms with Crippen molar-refractivity contribution < 1.29 is 19.1 Å². The summed E-state index contributed by atoms with van der Waals surface area (Å²) in [5.74, 6) is 0.502. The summed E-state index contributed by atoms with van der Waals surface area (Å²) in [5.41, 5.74) is 1.18. The van der Waals surface area contributed by atoms with Gasteiger partial charge < -0.3 is 14.8 Å². The summed E-state index contributed by atoms with van der Waals surface area (Å²) in [6.07, 6.45) is 0.726. The van der Waals surface area contributed by atoms with Gasteiger partial charge in [-0.15, -0.1) is 0 Å². The predicted molar refractivity (Wildman–Crippen MR) is 109 cm³/mol. The standard InChI is InChI=1S/C21H18BrNO4/c1-2-26-19-11-14(12-24)10-17(22)21(19)27-13-20(25)23-18-9-5-7-15-6-3-4-8-16(15)18/h3-12H,2,13H2,1H3,(H,23,25). The highest BCUT2D eigenvalue weighted by atomic mass is 79.9. The fourth-order valence-electron chi connectivity index (χ4n) is 2.72. The molecule has 0 saturated heterocycles. The number of hydrogen-bond donors (Lipinski definition) is 1. The molecule has 1 amide bonds. The van der Waals surface area contributed by atoms with Crippen LogP contribution in [0.1, 0.15) is 17.3 Å². The Morgan fingerprint density at radius 1 is 1.11 bits per heavy atom. The normalized spacial score (nSPS) is 10.4. The van der Waals surface area contributed by atoms with Crippen molar-refractivity contribution in [3.05, 3.63) is 64.6 Å². The zero-order valence-electron chi connectivity index (χ0n) is 14.7. The molecule has 6 heteroatoms. The highest BCUT2D eigenvalue weighted by molar-refractivity contribution is 9.10. The number of aldehydes is 1. The Morgan fingerprint density at radius 2 is 1.89 bits per heavy atom. The first-order valence-electron chi connectivity index (χ1n) is 8.44.